The minimum Gasteiger partial charge on any atom is -0.203 e. The highest BCUT2D eigenvalue weighted by molar-refractivity contribution is 5.46. The summed E-state index contributed by atoms with van der Waals surface area (Å²) in [5, 5.41) is 0. The molecule has 0 unspecified atom stereocenters. The molecule has 0 aromatic heterocycles. The first kappa shape index (κ1) is 22.2. The van der Waals surface area contributed by atoms with Crippen LogP contribution in [0.25, 0.3) is 0 Å². The van der Waals surface area contributed by atoms with Crippen molar-refractivity contribution in [2.24, 2.45) is 0 Å². The van der Waals surface area contributed by atoms with Gasteiger partial charge in [-0.2, -0.15) is 13.2 Å². The van der Waals surface area contributed by atoms with Gasteiger partial charge in [-0.05, 0) is 23.5 Å². The van der Waals surface area contributed by atoms with E-state index in [-0.39, 0.29) is 5.41 Å². The van der Waals surface area contributed by atoms with Crippen LogP contribution in [0.15, 0.2) is 18.2 Å². The van der Waals surface area contributed by atoms with Crippen LogP contribution in [0.3, 0.4) is 0 Å². The number of alkyl halides is 3. The molecule has 2 rings (SSSR count). The Morgan fingerprint density at radius 1 is 0.607 bits per heavy atom. The molecule has 0 aliphatic carbocycles. The fourth-order valence-corrected chi connectivity index (χ4v) is 3.15. The van der Waals surface area contributed by atoms with Crippen molar-refractivity contribution in [1.29, 1.82) is 0 Å². The number of hydrogen-bond donors (Lipinski definition) is 0. The molecule has 0 heterocycles. The normalized spacial score (nSPS) is 13.2. The zero-order chi connectivity index (χ0) is 21.8. The van der Waals surface area contributed by atoms with Gasteiger partial charge in [0.25, 0.3) is 0 Å². The third kappa shape index (κ3) is 3.76. The van der Waals surface area contributed by atoms with Gasteiger partial charge in [-0.25, -0.2) is 17.6 Å². The van der Waals surface area contributed by atoms with Crippen LogP contribution in [0.2, 0.25) is 0 Å². The van der Waals surface area contributed by atoms with Crippen molar-refractivity contribution < 1.29 is 30.7 Å². The molecule has 0 amide bonds. The summed E-state index contributed by atoms with van der Waals surface area (Å²) in [7, 11) is 0. The Hall–Kier alpha value is -2.05. The average Bonchev–Trinajstić information content (AvgIpc) is 2.50. The molecule has 0 fully saturated rings. The van der Waals surface area contributed by atoms with Crippen LogP contribution in [0.5, 0.6) is 0 Å². The van der Waals surface area contributed by atoms with Crippen molar-refractivity contribution in [3.8, 4) is 0 Å². The van der Waals surface area contributed by atoms with Gasteiger partial charge < -0.3 is 0 Å². The van der Waals surface area contributed by atoms with Crippen molar-refractivity contribution in [2.45, 2.75) is 58.5 Å². The molecule has 2 aromatic carbocycles. The minimum atomic E-state index is -5.57. The van der Waals surface area contributed by atoms with Crippen LogP contribution in [0.4, 0.5) is 30.7 Å². The van der Waals surface area contributed by atoms with Crippen LogP contribution in [-0.4, -0.2) is 0 Å². The molecule has 0 aliphatic rings. The number of rotatable bonds is 2. The highest BCUT2D eigenvalue weighted by Crippen LogP contribution is 2.43. The Balaban J connectivity index is 2.83. The lowest BCUT2D eigenvalue weighted by atomic mass is 9.74. The molecule has 0 saturated heterocycles. The maximum atomic E-state index is 14.6. The van der Waals surface area contributed by atoms with E-state index >= 15 is 0 Å². The second-order valence-electron chi connectivity index (χ2n) is 8.47. The molecule has 0 atom stereocenters. The van der Waals surface area contributed by atoms with E-state index in [4.69, 9.17) is 0 Å². The van der Waals surface area contributed by atoms with Crippen molar-refractivity contribution in [2.75, 3.05) is 0 Å². The predicted molar refractivity (Wildman–Crippen MR) is 93.3 cm³/mol. The largest absolute Gasteiger partial charge is 0.422 e. The Kier molecular flexibility index (Phi) is 5.38. The van der Waals surface area contributed by atoms with Gasteiger partial charge in [0, 0.05) is 11.0 Å². The molecule has 0 radical (unpaired) electrons. The molecule has 154 valence electrons. The summed E-state index contributed by atoms with van der Waals surface area (Å²) < 4.78 is 95.9. The van der Waals surface area contributed by atoms with Crippen molar-refractivity contribution in [3.63, 3.8) is 0 Å². The summed E-state index contributed by atoms with van der Waals surface area (Å²) in [5.74, 6) is -8.98. The second kappa shape index (κ2) is 6.78. The third-order valence-corrected chi connectivity index (χ3v) is 4.84. The highest BCUT2D eigenvalue weighted by Gasteiger charge is 2.44. The van der Waals surface area contributed by atoms with Gasteiger partial charge in [-0.1, -0.05) is 58.4 Å². The van der Waals surface area contributed by atoms with E-state index in [0.717, 1.165) is 11.1 Å². The molecule has 0 spiro atoms. The van der Waals surface area contributed by atoms with E-state index in [1.54, 1.807) is 19.1 Å². The van der Waals surface area contributed by atoms with E-state index in [1.807, 2.05) is 26.8 Å². The standard InChI is InChI=1S/C21H21F7/c1-10-7-11(19(2,3)4)9-12(8-10)20(5,6)13-15(22)17(24)14(21(26,27)28)18(25)16(13)23/h7-9H,1-6H3. The zero-order valence-corrected chi connectivity index (χ0v) is 16.4. The summed E-state index contributed by atoms with van der Waals surface area (Å²) in [6, 6.07) is 5.08. The van der Waals surface area contributed by atoms with E-state index in [1.165, 1.54) is 13.8 Å². The Morgan fingerprint density at radius 2 is 1.00 bits per heavy atom. The van der Waals surface area contributed by atoms with E-state index in [9.17, 15) is 30.7 Å². The maximum Gasteiger partial charge on any atom is 0.422 e. The zero-order valence-electron chi connectivity index (χ0n) is 16.4. The van der Waals surface area contributed by atoms with Crippen molar-refractivity contribution >= 4 is 0 Å². The summed E-state index contributed by atoms with van der Waals surface area (Å²) >= 11 is 0. The second-order valence-corrected chi connectivity index (χ2v) is 8.47. The summed E-state index contributed by atoms with van der Waals surface area (Å²) in [5.41, 5.74) is -3.74. The quantitative estimate of drug-likeness (QED) is 0.366. The van der Waals surface area contributed by atoms with Gasteiger partial charge in [-0.15, -0.1) is 0 Å². The average molecular weight is 406 g/mol. The molecule has 0 bridgehead atoms. The lowest BCUT2D eigenvalue weighted by Gasteiger charge is -2.30. The Morgan fingerprint density at radius 3 is 1.39 bits per heavy atom. The molecular weight excluding hydrogens is 385 g/mol. The monoisotopic (exact) mass is 406 g/mol. The Labute approximate surface area is 159 Å². The molecule has 0 N–H and O–H groups in total. The molecule has 0 aliphatic heterocycles. The van der Waals surface area contributed by atoms with Crippen LogP contribution >= 0.6 is 0 Å². The SMILES string of the molecule is Cc1cc(C(C)(C)C)cc(C(C)(C)c2c(F)c(F)c(C(F)(F)F)c(F)c2F)c1. The smallest absolute Gasteiger partial charge is 0.203 e. The number of hydrogen-bond acceptors (Lipinski definition) is 0. The van der Waals surface area contributed by atoms with E-state index in [2.05, 4.69) is 0 Å². The third-order valence-electron chi connectivity index (χ3n) is 4.84. The molecule has 28 heavy (non-hydrogen) atoms. The first-order valence-electron chi connectivity index (χ1n) is 8.55. The van der Waals surface area contributed by atoms with Gasteiger partial charge in [0.05, 0.1) is 0 Å². The van der Waals surface area contributed by atoms with Gasteiger partial charge in [0.15, 0.2) is 23.3 Å². The van der Waals surface area contributed by atoms with Crippen molar-refractivity contribution in [1.82, 2.24) is 0 Å². The van der Waals surface area contributed by atoms with Gasteiger partial charge in [-0.3, -0.25) is 0 Å². The van der Waals surface area contributed by atoms with Crippen LogP contribution in [-0.2, 0) is 17.0 Å². The predicted octanol–water partition coefficient (Wildman–Crippen LogP) is 7.19. The number of aryl methyl sites for hydroxylation is 1. The first-order chi connectivity index (χ1) is 12.5. The molecular formula is C21H21F7. The summed E-state index contributed by atoms with van der Waals surface area (Å²) in [6.45, 7) is 10.1. The summed E-state index contributed by atoms with van der Waals surface area (Å²) in [4.78, 5) is 0. The van der Waals surface area contributed by atoms with Crippen LogP contribution < -0.4 is 0 Å². The fraction of sp³-hybridized carbons (Fsp3) is 0.429. The maximum absolute atomic E-state index is 14.6. The molecule has 7 heteroatoms. The molecule has 2 aromatic rings. The lowest BCUT2D eigenvalue weighted by Crippen LogP contribution is -2.27. The van der Waals surface area contributed by atoms with E-state index < -0.39 is 46.0 Å². The van der Waals surface area contributed by atoms with Gasteiger partial charge >= 0.3 is 6.18 Å². The Bertz CT molecular complexity index is 887. The minimum absolute atomic E-state index is 0.328. The highest BCUT2D eigenvalue weighted by atomic mass is 19.4. The molecule has 0 saturated carbocycles. The number of benzene rings is 2. The topological polar surface area (TPSA) is 0 Å². The number of halogens is 7. The van der Waals surface area contributed by atoms with Gasteiger partial charge in [0.1, 0.15) is 5.56 Å². The van der Waals surface area contributed by atoms with Crippen LogP contribution in [0.1, 0.15) is 62.4 Å². The summed E-state index contributed by atoms with van der Waals surface area (Å²) in [6.07, 6.45) is -5.57. The lowest BCUT2D eigenvalue weighted by molar-refractivity contribution is -0.143. The fourth-order valence-electron chi connectivity index (χ4n) is 3.15. The van der Waals surface area contributed by atoms with Crippen LogP contribution in [0, 0.1) is 30.2 Å². The van der Waals surface area contributed by atoms with E-state index in [0.29, 0.717) is 5.56 Å². The first-order valence-corrected chi connectivity index (χ1v) is 8.55. The van der Waals surface area contributed by atoms with Crippen molar-refractivity contribution in [3.05, 3.63) is 69.3 Å². The molecule has 0 nitrogen and oxygen atoms in total. The van der Waals surface area contributed by atoms with Gasteiger partial charge in [0.2, 0.25) is 0 Å².